The minimum absolute atomic E-state index is 0.178. The van der Waals surface area contributed by atoms with Gasteiger partial charge >= 0.3 is 5.97 Å². The average molecular weight is 485 g/mol. The van der Waals surface area contributed by atoms with Gasteiger partial charge in [-0.05, 0) is 78.6 Å². The van der Waals surface area contributed by atoms with E-state index < -0.39 is 12.1 Å². The number of aliphatic carboxylic acids is 1. The fourth-order valence-electron chi connectivity index (χ4n) is 5.93. The van der Waals surface area contributed by atoms with Crippen molar-refractivity contribution in [3.05, 3.63) is 90.1 Å². The Bertz CT molecular complexity index is 1320. The largest absolute Gasteiger partial charge is 0.497 e. The van der Waals surface area contributed by atoms with Crippen LogP contribution in [0.4, 0.5) is 0 Å². The van der Waals surface area contributed by atoms with Crippen molar-refractivity contribution in [3.8, 4) is 5.75 Å². The number of carboxylic acids is 1. The molecule has 4 aliphatic rings. The van der Waals surface area contributed by atoms with Crippen LogP contribution in [0.2, 0.25) is 0 Å². The number of carboxylic acid groups (broad SMARTS) is 1. The predicted molar refractivity (Wildman–Crippen MR) is 141 cm³/mol. The monoisotopic (exact) mass is 484 g/mol. The molecule has 5 atom stereocenters. The van der Waals surface area contributed by atoms with Crippen LogP contribution in [0.5, 0.6) is 5.75 Å². The maximum atomic E-state index is 11.2. The minimum atomic E-state index is -0.833. The summed E-state index contributed by atoms with van der Waals surface area (Å²) in [6.07, 6.45) is 8.13. The molecule has 3 saturated heterocycles. The minimum Gasteiger partial charge on any atom is -0.497 e. The Morgan fingerprint density at radius 3 is 2.81 bits per heavy atom. The quantitative estimate of drug-likeness (QED) is 0.502. The second-order valence-corrected chi connectivity index (χ2v) is 9.76. The summed E-state index contributed by atoms with van der Waals surface area (Å²) in [5, 5.41) is 20.9. The van der Waals surface area contributed by atoms with Gasteiger partial charge in [-0.15, -0.1) is 6.58 Å². The summed E-state index contributed by atoms with van der Waals surface area (Å²) in [5.74, 6) is 1.17. The molecule has 3 aromatic rings. The third-order valence-electron chi connectivity index (χ3n) is 7.88. The number of aliphatic hydroxyl groups excluding tert-OH is 1. The van der Waals surface area contributed by atoms with E-state index in [0.29, 0.717) is 17.4 Å². The number of methoxy groups -OCH3 is 1. The molecule has 0 saturated carbocycles. The lowest BCUT2D eigenvalue weighted by atomic mass is 9.73. The second kappa shape index (κ2) is 10.2. The SMILES string of the molecule is C=C[C@H]1C[N@]2CC[C@H]1C[C@H]2[C@H](O)c1ccnc2ccc(OC)cc12.O=C(O)C1=CCc2ccccc21. The molecule has 2 N–H and O–H groups in total. The molecule has 1 aliphatic carbocycles. The molecule has 0 unspecified atom stereocenters. The zero-order chi connectivity index (χ0) is 25.2. The maximum absolute atomic E-state index is 11.2. The predicted octanol–water partition coefficient (Wildman–Crippen LogP) is 4.88. The van der Waals surface area contributed by atoms with Gasteiger partial charge in [-0.2, -0.15) is 0 Å². The number of pyridine rings is 1. The van der Waals surface area contributed by atoms with Crippen molar-refractivity contribution >= 4 is 22.4 Å². The zero-order valence-corrected chi connectivity index (χ0v) is 20.5. The number of allylic oxidation sites excluding steroid dienone is 1. The van der Waals surface area contributed by atoms with E-state index >= 15 is 0 Å². The molecular formula is C30H32N2O4. The lowest BCUT2D eigenvalue weighted by Crippen LogP contribution is -2.54. The molecular weight excluding hydrogens is 452 g/mol. The Kier molecular flexibility index (Phi) is 6.90. The highest BCUT2D eigenvalue weighted by Gasteiger charge is 2.42. The van der Waals surface area contributed by atoms with Crippen molar-refractivity contribution in [2.75, 3.05) is 20.2 Å². The van der Waals surface area contributed by atoms with E-state index in [1.807, 2.05) is 48.5 Å². The number of hydrogen-bond donors (Lipinski definition) is 2. The zero-order valence-electron chi connectivity index (χ0n) is 20.5. The van der Waals surface area contributed by atoms with Gasteiger partial charge in [-0.1, -0.05) is 36.4 Å². The number of nitrogens with zero attached hydrogens (tertiary/aromatic N) is 2. The third-order valence-corrected chi connectivity index (χ3v) is 7.88. The van der Waals surface area contributed by atoms with Crippen LogP contribution < -0.4 is 4.74 Å². The molecule has 2 bridgehead atoms. The average Bonchev–Trinajstić information content (AvgIpc) is 3.37. The lowest BCUT2D eigenvalue weighted by Gasteiger charge is -2.50. The van der Waals surface area contributed by atoms with E-state index in [1.165, 1.54) is 6.42 Å². The number of hydrogen-bond acceptors (Lipinski definition) is 5. The van der Waals surface area contributed by atoms with Gasteiger partial charge in [-0.25, -0.2) is 4.79 Å². The van der Waals surface area contributed by atoms with Crippen LogP contribution in [-0.2, 0) is 11.2 Å². The molecule has 4 heterocycles. The van der Waals surface area contributed by atoms with Gasteiger partial charge in [0.25, 0.3) is 0 Å². The summed E-state index contributed by atoms with van der Waals surface area (Å²) < 4.78 is 5.35. The van der Waals surface area contributed by atoms with Gasteiger partial charge in [0.05, 0.1) is 24.3 Å². The van der Waals surface area contributed by atoms with Gasteiger partial charge < -0.3 is 14.9 Å². The van der Waals surface area contributed by atoms with Crippen molar-refractivity contribution in [3.63, 3.8) is 0 Å². The fraction of sp³-hybridized carbons (Fsp3) is 0.333. The van der Waals surface area contributed by atoms with Crippen molar-refractivity contribution in [1.29, 1.82) is 0 Å². The van der Waals surface area contributed by atoms with Crippen LogP contribution in [0.1, 0.15) is 35.6 Å². The van der Waals surface area contributed by atoms with Gasteiger partial charge in [0.1, 0.15) is 5.75 Å². The molecule has 0 amide bonds. The topological polar surface area (TPSA) is 82.9 Å². The molecule has 7 rings (SSSR count). The summed E-state index contributed by atoms with van der Waals surface area (Å²) >= 11 is 0. The molecule has 3 aliphatic heterocycles. The van der Waals surface area contributed by atoms with Crippen LogP contribution in [0.3, 0.4) is 0 Å². The molecule has 2 aromatic carbocycles. The molecule has 186 valence electrons. The van der Waals surface area contributed by atoms with Gasteiger partial charge in [-0.3, -0.25) is 9.88 Å². The first-order valence-corrected chi connectivity index (χ1v) is 12.5. The van der Waals surface area contributed by atoms with E-state index in [0.717, 1.165) is 59.3 Å². The fourth-order valence-corrected chi connectivity index (χ4v) is 5.93. The standard InChI is InChI=1S/C20H24N2O2.C10H8O2/c1-3-13-12-22-9-7-14(13)10-19(22)20(23)16-6-8-21-18-5-4-15(24-2)11-17(16)18;11-10(12)9-6-5-7-3-1-2-4-8(7)9/h3-6,8,11,13-14,19-20,23H,1,7,9-10,12H2,2H3;1-4,6H,5H2,(H,11,12)/t13-,14-,19-,20+;/m0./s1. The number of fused-ring (bicyclic) bond motifs is 5. The Balaban J connectivity index is 0.000000186. The normalized spacial score (nSPS) is 24.8. The Hall–Kier alpha value is -3.48. The van der Waals surface area contributed by atoms with Crippen molar-refractivity contribution < 1.29 is 19.7 Å². The van der Waals surface area contributed by atoms with Crippen molar-refractivity contribution in [2.45, 2.75) is 31.4 Å². The first-order chi connectivity index (χ1) is 17.5. The molecule has 6 heteroatoms. The van der Waals surface area contributed by atoms with E-state index in [2.05, 4.69) is 22.5 Å². The second-order valence-electron chi connectivity index (χ2n) is 9.76. The van der Waals surface area contributed by atoms with E-state index in [1.54, 1.807) is 19.4 Å². The Labute approximate surface area is 211 Å². The van der Waals surface area contributed by atoms with Crippen LogP contribution in [0.15, 0.2) is 73.5 Å². The number of rotatable bonds is 5. The lowest BCUT2D eigenvalue weighted by molar-refractivity contribution is -0.130. The molecule has 6 nitrogen and oxygen atoms in total. The highest BCUT2D eigenvalue weighted by molar-refractivity contribution is 6.17. The highest BCUT2D eigenvalue weighted by atomic mass is 16.5. The van der Waals surface area contributed by atoms with E-state index in [9.17, 15) is 9.90 Å². The smallest absolute Gasteiger partial charge is 0.335 e. The first-order valence-electron chi connectivity index (χ1n) is 12.5. The van der Waals surface area contributed by atoms with Gasteiger partial charge in [0.15, 0.2) is 0 Å². The number of benzene rings is 2. The van der Waals surface area contributed by atoms with E-state index in [-0.39, 0.29) is 6.04 Å². The summed E-state index contributed by atoms with van der Waals surface area (Å²) in [6, 6.07) is 15.6. The summed E-state index contributed by atoms with van der Waals surface area (Å²) in [6.45, 7) is 6.07. The third kappa shape index (κ3) is 4.54. The maximum Gasteiger partial charge on any atom is 0.335 e. The Morgan fingerprint density at radius 1 is 1.25 bits per heavy atom. The molecule has 1 aromatic heterocycles. The Morgan fingerprint density at radius 2 is 2.08 bits per heavy atom. The number of aliphatic hydroxyl groups is 1. The molecule has 0 radical (unpaired) electrons. The summed E-state index contributed by atoms with van der Waals surface area (Å²) in [4.78, 5) is 17.6. The summed E-state index contributed by atoms with van der Waals surface area (Å²) in [7, 11) is 1.66. The van der Waals surface area contributed by atoms with Gasteiger partial charge in [0.2, 0.25) is 0 Å². The number of carbonyl (C=O) groups is 1. The number of piperidine rings is 3. The van der Waals surface area contributed by atoms with E-state index in [4.69, 9.17) is 9.84 Å². The van der Waals surface area contributed by atoms with Crippen LogP contribution in [0, 0.1) is 11.8 Å². The van der Waals surface area contributed by atoms with Crippen molar-refractivity contribution in [1.82, 2.24) is 9.88 Å². The van der Waals surface area contributed by atoms with Crippen LogP contribution in [0.25, 0.3) is 16.5 Å². The number of aromatic nitrogens is 1. The molecule has 36 heavy (non-hydrogen) atoms. The van der Waals surface area contributed by atoms with Crippen molar-refractivity contribution in [2.24, 2.45) is 11.8 Å². The summed E-state index contributed by atoms with van der Waals surface area (Å²) in [5.41, 5.74) is 4.25. The highest BCUT2D eigenvalue weighted by Crippen LogP contribution is 2.42. The van der Waals surface area contributed by atoms with Crippen LogP contribution >= 0.6 is 0 Å². The molecule has 0 spiro atoms. The van der Waals surface area contributed by atoms with Gasteiger partial charge in [0, 0.05) is 24.2 Å². The number of ether oxygens (including phenoxy) is 1. The molecule has 3 fully saturated rings. The first kappa shape index (κ1) is 24.2. The van der Waals surface area contributed by atoms with Crippen LogP contribution in [-0.4, -0.2) is 52.3 Å².